The van der Waals surface area contributed by atoms with Gasteiger partial charge >= 0.3 is 0 Å². The van der Waals surface area contributed by atoms with Gasteiger partial charge in [-0.05, 0) is 48.6 Å². The molecule has 0 unspecified atom stereocenters. The van der Waals surface area contributed by atoms with Crippen LogP contribution in [-0.2, 0) is 11.3 Å². The first kappa shape index (κ1) is 23.1. The highest BCUT2D eigenvalue weighted by Gasteiger charge is 2.23. The molecule has 3 aromatic rings. The van der Waals surface area contributed by atoms with Crippen LogP contribution in [0.5, 0.6) is 0 Å². The lowest BCUT2D eigenvalue weighted by Crippen LogP contribution is -2.35. The topological polar surface area (TPSA) is 53.4 Å². The minimum Gasteiger partial charge on any atom is -0.345 e. The first-order chi connectivity index (χ1) is 16.0. The molecule has 2 heterocycles. The molecule has 0 atom stereocenters. The summed E-state index contributed by atoms with van der Waals surface area (Å²) in [5.41, 5.74) is 3.71. The van der Waals surface area contributed by atoms with Crippen molar-refractivity contribution in [2.24, 2.45) is 5.92 Å². The second-order valence-corrected chi connectivity index (χ2v) is 9.38. The van der Waals surface area contributed by atoms with E-state index < -0.39 is 0 Å². The van der Waals surface area contributed by atoms with Crippen LogP contribution in [0.4, 0.5) is 17.2 Å². The fraction of sp³-hybridized carbons (Fsp3) is 0.407. The monoisotopic (exact) mass is 445 g/mol. The summed E-state index contributed by atoms with van der Waals surface area (Å²) < 4.78 is 2.00. The Hall–Kier alpha value is -3.12. The fourth-order valence-corrected chi connectivity index (χ4v) is 4.47. The molecule has 174 valence electrons. The van der Waals surface area contributed by atoms with E-state index in [2.05, 4.69) is 89.6 Å². The Labute approximate surface area is 197 Å². The second-order valence-electron chi connectivity index (χ2n) is 9.38. The quantitative estimate of drug-likeness (QED) is 0.499. The van der Waals surface area contributed by atoms with Crippen LogP contribution in [0.2, 0.25) is 0 Å². The summed E-state index contributed by atoms with van der Waals surface area (Å²) in [6.45, 7) is 7.12. The number of likely N-dealkylation sites (tertiary alicyclic amines) is 1. The highest BCUT2D eigenvalue weighted by atomic mass is 16.1. The first-order valence-electron chi connectivity index (χ1n) is 11.9. The number of benzene rings is 2. The van der Waals surface area contributed by atoms with E-state index in [0.717, 1.165) is 38.3 Å². The van der Waals surface area contributed by atoms with E-state index >= 15 is 0 Å². The third kappa shape index (κ3) is 6.02. The molecule has 1 aromatic heterocycles. The lowest BCUT2D eigenvalue weighted by Gasteiger charge is -2.32. The minimum absolute atomic E-state index is 0.0607. The molecule has 4 rings (SSSR count). The van der Waals surface area contributed by atoms with E-state index in [4.69, 9.17) is 0 Å². The molecule has 6 nitrogen and oxygen atoms in total. The van der Waals surface area contributed by atoms with Crippen molar-refractivity contribution >= 4 is 23.1 Å². The normalized spacial score (nSPS) is 15.0. The van der Waals surface area contributed by atoms with Crippen LogP contribution in [-0.4, -0.2) is 40.7 Å². The van der Waals surface area contributed by atoms with Gasteiger partial charge in [-0.3, -0.25) is 9.69 Å². The standard InChI is InChI=1S/C27H35N5O/c1-21(2)19-27(33)29-26-13-16-28-32(26)25-14-17-31(18-15-25)20-22-9-11-24(12-10-22)30(3)23-7-5-4-6-8-23/h4-13,16,21,25H,14-15,17-20H2,1-3H3,(H,29,33). The number of rotatable bonds is 8. The van der Waals surface area contributed by atoms with Crippen LogP contribution in [0.15, 0.2) is 66.9 Å². The lowest BCUT2D eigenvalue weighted by atomic mass is 10.0. The van der Waals surface area contributed by atoms with Gasteiger partial charge in [-0.15, -0.1) is 0 Å². The Morgan fingerprint density at radius 3 is 2.36 bits per heavy atom. The van der Waals surface area contributed by atoms with E-state index in [9.17, 15) is 4.79 Å². The van der Waals surface area contributed by atoms with Crippen molar-refractivity contribution in [3.05, 3.63) is 72.4 Å². The van der Waals surface area contributed by atoms with Crippen LogP contribution in [0.25, 0.3) is 0 Å². The summed E-state index contributed by atoms with van der Waals surface area (Å²) in [6, 6.07) is 21.5. The zero-order valence-electron chi connectivity index (χ0n) is 19.9. The summed E-state index contributed by atoms with van der Waals surface area (Å²) in [6.07, 6.45) is 4.38. The van der Waals surface area contributed by atoms with Crippen LogP contribution in [0, 0.1) is 5.92 Å². The predicted octanol–water partition coefficient (Wildman–Crippen LogP) is 5.47. The number of aromatic nitrogens is 2. The van der Waals surface area contributed by atoms with Gasteiger partial charge < -0.3 is 10.2 Å². The van der Waals surface area contributed by atoms with Crippen LogP contribution < -0.4 is 10.2 Å². The van der Waals surface area contributed by atoms with E-state index in [1.54, 1.807) is 6.20 Å². The molecular weight excluding hydrogens is 410 g/mol. The average Bonchev–Trinajstić information content (AvgIpc) is 3.27. The van der Waals surface area contributed by atoms with Gasteiger partial charge in [0.15, 0.2) is 0 Å². The summed E-state index contributed by atoms with van der Waals surface area (Å²) in [4.78, 5) is 16.9. The zero-order valence-corrected chi connectivity index (χ0v) is 19.9. The van der Waals surface area contributed by atoms with Crippen molar-refractivity contribution < 1.29 is 4.79 Å². The van der Waals surface area contributed by atoms with E-state index in [1.807, 2.05) is 16.8 Å². The molecule has 1 fully saturated rings. The Morgan fingerprint density at radius 2 is 1.70 bits per heavy atom. The summed E-state index contributed by atoms with van der Waals surface area (Å²) in [5.74, 6) is 1.22. The zero-order chi connectivity index (χ0) is 23.2. The molecule has 1 aliphatic heterocycles. The number of hydrogen-bond acceptors (Lipinski definition) is 4. The van der Waals surface area contributed by atoms with Crippen molar-refractivity contribution in [2.75, 3.05) is 30.4 Å². The molecule has 33 heavy (non-hydrogen) atoms. The largest absolute Gasteiger partial charge is 0.345 e. The minimum atomic E-state index is 0.0607. The molecule has 2 aromatic carbocycles. The third-order valence-electron chi connectivity index (χ3n) is 6.31. The third-order valence-corrected chi connectivity index (χ3v) is 6.31. The number of nitrogens with one attached hydrogen (secondary N) is 1. The number of hydrogen-bond donors (Lipinski definition) is 1. The lowest BCUT2D eigenvalue weighted by molar-refractivity contribution is -0.116. The molecule has 6 heteroatoms. The Balaban J connectivity index is 1.30. The Kier molecular flexibility index (Phi) is 7.45. The average molecular weight is 446 g/mol. The SMILES string of the molecule is CC(C)CC(=O)Nc1ccnn1C1CCN(Cc2ccc(N(C)c3ccccc3)cc2)CC1. The maximum Gasteiger partial charge on any atom is 0.225 e. The van der Waals surface area contributed by atoms with E-state index in [1.165, 1.54) is 16.9 Å². The smallest absolute Gasteiger partial charge is 0.225 e. The molecule has 0 radical (unpaired) electrons. The Morgan fingerprint density at radius 1 is 1.03 bits per heavy atom. The molecule has 0 spiro atoms. The number of piperidine rings is 1. The van der Waals surface area contributed by atoms with Crippen LogP contribution in [0.1, 0.15) is 44.7 Å². The van der Waals surface area contributed by atoms with Gasteiger partial charge in [0.25, 0.3) is 0 Å². The van der Waals surface area contributed by atoms with Crippen molar-refractivity contribution in [2.45, 2.75) is 45.7 Å². The number of nitrogens with zero attached hydrogens (tertiary/aromatic N) is 4. The molecule has 0 bridgehead atoms. The van der Waals surface area contributed by atoms with Gasteiger partial charge in [0.1, 0.15) is 5.82 Å². The number of amides is 1. The Bertz CT molecular complexity index is 1020. The molecule has 1 aliphatic rings. The van der Waals surface area contributed by atoms with Crippen molar-refractivity contribution in [3.63, 3.8) is 0 Å². The second kappa shape index (κ2) is 10.7. The molecule has 1 N–H and O–H groups in total. The van der Waals surface area contributed by atoms with Gasteiger partial charge in [-0.25, -0.2) is 4.68 Å². The van der Waals surface area contributed by atoms with Gasteiger partial charge in [-0.2, -0.15) is 5.10 Å². The molecule has 1 amide bonds. The van der Waals surface area contributed by atoms with Gasteiger partial charge in [-0.1, -0.05) is 44.2 Å². The molecule has 1 saturated heterocycles. The predicted molar refractivity (Wildman–Crippen MR) is 135 cm³/mol. The van der Waals surface area contributed by atoms with Gasteiger partial charge in [0.2, 0.25) is 5.91 Å². The number of anilines is 3. The number of para-hydroxylation sites is 1. The van der Waals surface area contributed by atoms with Crippen molar-refractivity contribution in [1.29, 1.82) is 0 Å². The molecule has 0 aliphatic carbocycles. The highest BCUT2D eigenvalue weighted by molar-refractivity contribution is 5.89. The summed E-state index contributed by atoms with van der Waals surface area (Å²) in [7, 11) is 2.10. The van der Waals surface area contributed by atoms with Gasteiger partial charge in [0, 0.05) is 50.5 Å². The van der Waals surface area contributed by atoms with Crippen LogP contribution in [0.3, 0.4) is 0 Å². The highest BCUT2D eigenvalue weighted by Crippen LogP contribution is 2.27. The van der Waals surface area contributed by atoms with Gasteiger partial charge in [0.05, 0.1) is 12.2 Å². The fourth-order valence-electron chi connectivity index (χ4n) is 4.47. The maximum absolute atomic E-state index is 12.2. The summed E-state index contributed by atoms with van der Waals surface area (Å²) in [5, 5.41) is 7.55. The van der Waals surface area contributed by atoms with Crippen molar-refractivity contribution in [1.82, 2.24) is 14.7 Å². The van der Waals surface area contributed by atoms with Crippen LogP contribution >= 0.6 is 0 Å². The maximum atomic E-state index is 12.2. The summed E-state index contributed by atoms with van der Waals surface area (Å²) >= 11 is 0. The van der Waals surface area contributed by atoms with E-state index in [0.29, 0.717) is 18.4 Å². The first-order valence-corrected chi connectivity index (χ1v) is 11.9. The van der Waals surface area contributed by atoms with E-state index in [-0.39, 0.29) is 5.91 Å². The molecular formula is C27H35N5O. The van der Waals surface area contributed by atoms with Crippen molar-refractivity contribution in [3.8, 4) is 0 Å². The number of carbonyl (C=O) groups excluding carboxylic acids is 1. The molecule has 0 saturated carbocycles. The number of carbonyl (C=O) groups is 1.